The first-order valence-electron chi connectivity index (χ1n) is 12.4. The predicted octanol–water partition coefficient (Wildman–Crippen LogP) is 4.97. The smallest absolute Gasteiger partial charge is 0.271 e. The van der Waals surface area contributed by atoms with Crippen LogP contribution < -0.4 is 14.8 Å². The van der Waals surface area contributed by atoms with Crippen molar-refractivity contribution in [3.63, 3.8) is 0 Å². The molecule has 1 N–H and O–H groups in total. The van der Waals surface area contributed by atoms with E-state index in [0.717, 1.165) is 41.5 Å². The number of thiophene rings is 1. The normalized spacial score (nSPS) is 21.0. The minimum atomic E-state index is -1.06. The maximum Gasteiger partial charge on any atom is 0.271 e. The second kappa shape index (κ2) is 9.57. The molecule has 0 spiro atoms. The van der Waals surface area contributed by atoms with E-state index in [-0.39, 0.29) is 24.4 Å². The second-order valence-electron chi connectivity index (χ2n) is 9.77. The Morgan fingerprint density at radius 3 is 2.63 bits per heavy atom. The van der Waals surface area contributed by atoms with E-state index in [0.29, 0.717) is 23.7 Å². The van der Waals surface area contributed by atoms with Crippen LogP contribution in [-0.2, 0) is 17.9 Å². The topological polar surface area (TPSA) is 72.8 Å². The highest BCUT2D eigenvalue weighted by molar-refractivity contribution is 7.17. The number of nitrogens with one attached hydrogen (secondary N) is 1. The fourth-order valence-electron chi connectivity index (χ4n) is 5.53. The number of hydrogen-bond acceptors (Lipinski definition) is 5. The Kier molecular flexibility index (Phi) is 6.49. The zero-order valence-electron chi connectivity index (χ0n) is 20.6. The van der Waals surface area contributed by atoms with Crippen LogP contribution in [0.15, 0.2) is 35.7 Å². The lowest BCUT2D eigenvalue weighted by Crippen LogP contribution is -2.64. The molecule has 2 amide bonds. The van der Waals surface area contributed by atoms with E-state index in [1.54, 1.807) is 30.5 Å². The molecule has 0 bridgehead atoms. The number of ether oxygens (including phenoxy) is 2. The van der Waals surface area contributed by atoms with Crippen LogP contribution in [0.4, 0.5) is 0 Å². The van der Waals surface area contributed by atoms with Gasteiger partial charge in [-0.2, -0.15) is 0 Å². The molecule has 0 radical (unpaired) electrons. The standard InChI is InChI=1S/C27H33N3O4S/c1-27(26(32)28-19-10-6-4-5-7-11-19)17-29-20-13-14-35-23(20)15-21(29)25(31)30(27)16-18-9-8-12-22(33-2)24(18)34-3/h8-9,12-15,19H,4-7,10-11,16-17H2,1-3H3,(H,28,32)/t27-/m1/s1. The summed E-state index contributed by atoms with van der Waals surface area (Å²) in [6.45, 7) is 2.54. The Morgan fingerprint density at radius 1 is 1.14 bits per heavy atom. The summed E-state index contributed by atoms with van der Waals surface area (Å²) in [6.07, 6.45) is 6.66. The van der Waals surface area contributed by atoms with E-state index in [1.165, 1.54) is 12.8 Å². The number of methoxy groups -OCH3 is 2. The van der Waals surface area contributed by atoms with Crippen LogP contribution in [0.3, 0.4) is 0 Å². The Labute approximate surface area is 210 Å². The number of nitrogens with zero attached hydrogens (tertiary/aromatic N) is 2. The number of rotatable bonds is 6. The van der Waals surface area contributed by atoms with Crippen molar-refractivity contribution in [2.24, 2.45) is 0 Å². The molecule has 2 aromatic heterocycles. The molecule has 8 heteroatoms. The SMILES string of the molecule is COc1cccc(CN2C(=O)c3cc4sccc4n3C[C@]2(C)C(=O)NC2CCCCCC2)c1OC. The van der Waals surface area contributed by atoms with Crippen molar-refractivity contribution in [1.29, 1.82) is 0 Å². The lowest BCUT2D eigenvalue weighted by Gasteiger charge is -2.44. The zero-order valence-corrected chi connectivity index (χ0v) is 21.5. The first-order chi connectivity index (χ1) is 17.0. The van der Waals surface area contributed by atoms with E-state index < -0.39 is 5.54 Å². The number of carbonyl (C=O) groups is 2. The quantitative estimate of drug-likeness (QED) is 0.490. The summed E-state index contributed by atoms with van der Waals surface area (Å²) in [7, 11) is 3.19. The number of para-hydroxylation sites is 1. The average Bonchev–Trinajstić information content (AvgIpc) is 3.35. The number of amides is 2. The third-order valence-electron chi connectivity index (χ3n) is 7.54. The maximum absolute atomic E-state index is 14.0. The minimum Gasteiger partial charge on any atom is -0.493 e. The highest BCUT2D eigenvalue weighted by Gasteiger charge is 2.48. The molecule has 1 aromatic carbocycles. The third-order valence-corrected chi connectivity index (χ3v) is 8.39. The zero-order chi connectivity index (χ0) is 24.6. The summed E-state index contributed by atoms with van der Waals surface area (Å²) in [5.41, 5.74) is 1.37. The Hall–Kier alpha value is -3.00. The molecular weight excluding hydrogens is 462 g/mol. The van der Waals surface area contributed by atoms with Gasteiger partial charge in [0.2, 0.25) is 5.91 Å². The lowest BCUT2D eigenvalue weighted by atomic mass is 9.92. The van der Waals surface area contributed by atoms with Crippen LogP contribution in [0.2, 0.25) is 0 Å². The van der Waals surface area contributed by atoms with E-state index in [9.17, 15) is 9.59 Å². The molecule has 7 nitrogen and oxygen atoms in total. The minimum absolute atomic E-state index is 0.0951. The predicted molar refractivity (Wildman–Crippen MR) is 137 cm³/mol. The lowest BCUT2D eigenvalue weighted by molar-refractivity contribution is -0.134. The Morgan fingerprint density at radius 2 is 1.91 bits per heavy atom. The van der Waals surface area contributed by atoms with Gasteiger partial charge in [0, 0.05) is 11.6 Å². The highest BCUT2D eigenvalue weighted by atomic mass is 32.1. The molecule has 186 valence electrons. The number of benzene rings is 1. The number of aromatic nitrogens is 1. The summed E-state index contributed by atoms with van der Waals surface area (Å²) >= 11 is 1.61. The highest BCUT2D eigenvalue weighted by Crippen LogP contribution is 2.38. The van der Waals surface area contributed by atoms with Crippen molar-refractivity contribution in [1.82, 2.24) is 14.8 Å². The molecule has 1 saturated carbocycles. The van der Waals surface area contributed by atoms with Crippen LogP contribution in [0, 0.1) is 0 Å². The molecule has 1 atom stereocenters. The fourth-order valence-corrected chi connectivity index (χ4v) is 6.36. The van der Waals surface area contributed by atoms with Gasteiger partial charge in [0.25, 0.3) is 5.91 Å². The second-order valence-corrected chi connectivity index (χ2v) is 10.7. The monoisotopic (exact) mass is 495 g/mol. The number of hydrogen-bond donors (Lipinski definition) is 1. The van der Waals surface area contributed by atoms with Gasteiger partial charge in [0.05, 0.1) is 37.5 Å². The van der Waals surface area contributed by atoms with Gasteiger partial charge in [-0.15, -0.1) is 11.3 Å². The van der Waals surface area contributed by atoms with E-state index in [2.05, 4.69) is 5.32 Å². The van der Waals surface area contributed by atoms with E-state index in [1.807, 2.05) is 47.2 Å². The van der Waals surface area contributed by atoms with Crippen LogP contribution >= 0.6 is 11.3 Å². The van der Waals surface area contributed by atoms with Crippen molar-refractivity contribution in [2.75, 3.05) is 14.2 Å². The molecule has 1 fully saturated rings. The van der Waals surface area contributed by atoms with E-state index in [4.69, 9.17) is 9.47 Å². The molecule has 1 aliphatic heterocycles. The molecular formula is C27H33N3O4S. The molecule has 2 aliphatic rings. The summed E-state index contributed by atoms with van der Waals surface area (Å²) in [5, 5.41) is 5.35. The van der Waals surface area contributed by atoms with Gasteiger partial charge in [0.15, 0.2) is 11.5 Å². The summed E-state index contributed by atoms with van der Waals surface area (Å²) in [6, 6.07) is 9.76. The summed E-state index contributed by atoms with van der Waals surface area (Å²) in [4.78, 5) is 29.6. The van der Waals surface area contributed by atoms with Gasteiger partial charge in [-0.25, -0.2) is 0 Å². The summed E-state index contributed by atoms with van der Waals surface area (Å²) in [5.74, 6) is 0.935. The molecule has 1 aliphatic carbocycles. The van der Waals surface area contributed by atoms with Crippen molar-refractivity contribution in [3.8, 4) is 11.5 Å². The van der Waals surface area contributed by atoms with Crippen molar-refractivity contribution >= 4 is 33.4 Å². The largest absolute Gasteiger partial charge is 0.493 e. The fraction of sp³-hybridized carbons (Fsp3) is 0.481. The molecule has 0 unspecified atom stereocenters. The molecule has 3 heterocycles. The average molecular weight is 496 g/mol. The van der Waals surface area contributed by atoms with E-state index >= 15 is 0 Å². The molecule has 0 saturated heterocycles. The van der Waals surface area contributed by atoms with Gasteiger partial charge in [-0.3, -0.25) is 9.59 Å². The molecule has 3 aromatic rings. The van der Waals surface area contributed by atoms with Crippen molar-refractivity contribution in [2.45, 2.75) is 70.1 Å². The van der Waals surface area contributed by atoms with Gasteiger partial charge in [-0.05, 0) is 43.3 Å². The molecule has 5 rings (SSSR count). The first-order valence-corrected chi connectivity index (χ1v) is 13.2. The van der Waals surface area contributed by atoms with Gasteiger partial charge in [0.1, 0.15) is 11.2 Å². The maximum atomic E-state index is 14.0. The Bertz CT molecular complexity index is 1240. The van der Waals surface area contributed by atoms with Crippen LogP contribution in [0.1, 0.15) is 61.5 Å². The third kappa shape index (κ3) is 4.18. The Balaban J connectivity index is 1.55. The molecule has 35 heavy (non-hydrogen) atoms. The van der Waals surface area contributed by atoms with Crippen LogP contribution in [0.5, 0.6) is 11.5 Å². The summed E-state index contributed by atoms with van der Waals surface area (Å²) < 4.78 is 14.2. The van der Waals surface area contributed by atoms with Gasteiger partial charge < -0.3 is 24.3 Å². The van der Waals surface area contributed by atoms with Crippen LogP contribution in [0.25, 0.3) is 10.2 Å². The van der Waals surface area contributed by atoms with Gasteiger partial charge in [-0.1, -0.05) is 37.8 Å². The van der Waals surface area contributed by atoms with Crippen molar-refractivity contribution in [3.05, 3.63) is 47.0 Å². The first kappa shape index (κ1) is 23.7. The van der Waals surface area contributed by atoms with Gasteiger partial charge >= 0.3 is 0 Å². The number of carbonyl (C=O) groups excluding carboxylic acids is 2. The van der Waals surface area contributed by atoms with Crippen molar-refractivity contribution < 1.29 is 19.1 Å². The number of fused-ring (bicyclic) bond motifs is 3. The van der Waals surface area contributed by atoms with Crippen LogP contribution in [-0.4, -0.2) is 47.1 Å².